The van der Waals surface area contributed by atoms with Crippen LogP contribution in [0.4, 0.5) is 23.7 Å². The number of amides is 3. The highest BCUT2D eigenvalue weighted by Gasteiger charge is 2.31. The summed E-state index contributed by atoms with van der Waals surface area (Å²) in [7, 11) is 0. The van der Waals surface area contributed by atoms with Gasteiger partial charge in [0.05, 0.1) is 17.7 Å². The number of urea groups is 1. The zero-order valence-corrected chi connectivity index (χ0v) is 19.6. The molecule has 13 heteroatoms. The Kier molecular flexibility index (Phi) is 7.88. The predicted molar refractivity (Wildman–Crippen MR) is 125 cm³/mol. The number of nitrogens with zero attached hydrogens (tertiary/aromatic N) is 3. The number of piperidine rings is 1. The van der Waals surface area contributed by atoms with Gasteiger partial charge in [0.2, 0.25) is 0 Å². The van der Waals surface area contributed by atoms with Crippen molar-refractivity contribution in [3.8, 4) is 11.5 Å². The Balaban J connectivity index is 1.25. The van der Waals surface area contributed by atoms with Crippen LogP contribution in [0.2, 0.25) is 0 Å². The van der Waals surface area contributed by atoms with Gasteiger partial charge in [-0.1, -0.05) is 6.07 Å². The highest BCUT2D eigenvalue weighted by Crippen LogP contribution is 2.28. The topological polar surface area (TPSA) is 106 Å². The SMILES string of the molecule is O=C(NCc1cscn1)c1cc(NC(=O)N2CCC(Oc3cccc(OC(F)(F)F)c3)CC2)ccn1. The molecule has 3 amide bonds. The maximum atomic E-state index is 12.7. The summed E-state index contributed by atoms with van der Waals surface area (Å²) in [4.78, 5) is 34.8. The first-order valence-corrected chi connectivity index (χ1v) is 11.9. The van der Waals surface area contributed by atoms with Crippen molar-refractivity contribution in [2.24, 2.45) is 0 Å². The Bertz CT molecular complexity index is 1180. The van der Waals surface area contributed by atoms with Crippen LogP contribution in [-0.4, -0.2) is 52.4 Å². The predicted octanol–water partition coefficient (Wildman–Crippen LogP) is 4.44. The van der Waals surface area contributed by atoms with Crippen LogP contribution in [0, 0.1) is 0 Å². The zero-order valence-electron chi connectivity index (χ0n) is 18.8. The molecule has 1 aromatic carbocycles. The van der Waals surface area contributed by atoms with E-state index in [4.69, 9.17) is 4.74 Å². The van der Waals surface area contributed by atoms with E-state index in [-0.39, 0.29) is 41.8 Å². The number of alkyl halides is 3. The van der Waals surface area contributed by atoms with Crippen molar-refractivity contribution in [3.05, 3.63) is 64.9 Å². The average molecular weight is 522 g/mol. The summed E-state index contributed by atoms with van der Waals surface area (Å²) in [6.45, 7) is 1.06. The molecule has 1 saturated heterocycles. The average Bonchev–Trinajstić information content (AvgIpc) is 3.36. The van der Waals surface area contributed by atoms with Crippen molar-refractivity contribution in [2.45, 2.75) is 31.9 Å². The monoisotopic (exact) mass is 521 g/mol. The van der Waals surface area contributed by atoms with E-state index in [0.29, 0.717) is 31.6 Å². The quantitative estimate of drug-likeness (QED) is 0.476. The van der Waals surface area contributed by atoms with Gasteiger partial charge >= 0.3 is 12.4 Å². The van der Waals surface area contributed by atoms with Gasteiger partial charge in [0.25, 0.3) is 5.91 Å². The number of hydrogen-bond acceptors (Lipinski definition) is 7. The van der Waals surface area contributed by atoms with Gasteiger partial charge in [-0.3, -0.25) is 9.78 Å². The number of carbonyl (C=O) groups excluding carboxylic acids is 2. The molecule has 9 nitrogen and oxygen atoms in total. The minimum Gasteiger partial charge on any atom is -0.490 e. The minimum absolute atomic E-state index is 0.159. The first-order valence-electron chi connectivity index (χ1n) is 10.9. The molecule has 1 fully saturated rings. The standard InChI is InChI=1S/C23H22F3N5O4S/c24-23(25,26)35-19-3-1-2-18(11-19)34-17-5-8-31(9-6-17)22(33)30-15-4-7-27-20(10-15)21(32)28-12-16-13-36-14-29-16/h1-4,7,10-11,13-14,17H,5-6,8-9,12H2,(H,28,32)(H,27,30,33). The van der Waals surface area contributed by atoms with Gasteiger partial charge < -0.3 is 25.0 Å². The third-order valence-electron chi connectivity index (χ3n) is 5.23. The highest BCUT2D eigenvalue weighted by atomic mass is 32.1. The van der Waals surface area contributed by atoms with E-state index in [9.17, 15) is 22.8 Å². The molecule has 1 aliphatic heterocycles. The molecular formula is C23H22F3N5O4S. The van der Waals surface area contributed by atoms with Crippen LogP contribution >= 0.6 is 11.3 Å². The molecule has 2 aromatic heterocycles. The van der Waals surface area contributed by atoms with Crippen LogP contribution in [0.3, 0.4) is 0 Å². The lowest BCUT2D eigenvalue weighted by molar-refractivity contribution is -0.274. The van der Waals surface area contributed by atoms with Crippen LogP contribution in [0.5, 0.6) is 11.5 Å². The molecule has 3 aromatic rings. The minimum atomic E-state index is -4.78. The fourth-order valence-corrected chi connectivity index (χ4v) is 4.09. The third-order valence-corrected chi connectivity index (χ3v) is 5.86. The number of carbonyl (C=O) groups is 2. The van der Waals surface area contributed by atoms with E-state index >= 15 is 0 Å². The molecule has 0 radical (unpaired) electrons. The summed E-state index contributed by atoms with van der Waals surface area (Å²) in [5.74, 6) is -0.482. The van der Waals surface area contributed by atoms with Crippen LogP contribution in [0.25, 0.3) is 0 Å². The fraction of sp³-hybridized carbons (Fsp3) is 0.304. The summed E-state index contributed by atoms with van der Waals surface area (Å²) in [6.07, 6.45) is -2.61. The number of halogens is 3. The summed E-state index contributed by atoms with van der Waals surface area (Å²) >= 11 is 1.43. The van der Waals surface area contributed by atoms with Crippen LogP contribution in [0.15, 0.2) is 53.5 Å². The second-order valence-corrected chi connectivity index (χ2v) is 8.57. The first-order chi connectivity index (χ1) is 17.2. The van der Waals surface area contributed by atoms with Crippen LogP contribution in [0.1, 0.15) is 29.0 Å². The van der Waals surface area contributed by atoms with Gasteiger partial charge in [-0.25, -0.2) is 9.78 Å². The van der Waals surface area contributed by atoms with E-state index < -0.39 is 6.36 Å². The molecule has 1 aliphatic rings. The molecule has 3 heterocycles. The lowest BCUT2D eigenvalue weighted by Gasteiger charge is -2.32. The maximum absolute atomic E-state index is 12.7. The van der Waals surface area contributed by atoms with Gasteiger partial charge in [0.15, 0.2) is 0 Å². The third kappa shape index (κ3) is 7.31. The molecule has 4 rings (SSSR count). The molecular weight excluding hydrogens is 499 g/mol. The van der Waals surface area contributed by atoms with E-state index in [0.717, 1.165) is 5.69 Å². The van der Waals surface area contributed by atoms with Crippen molar-refractivity contribution in [1.29, 1.82) is 0 Å². The fourth-order valence-electron chi connectivity index (χ4n) is 3.54. The number of rotatable bonds is 7. The van der Waals surface area contributed by atoms with Gasteiger partial charge in [0, 0.05) is 49.3 Å². The molecule has 0 aliphatic carbocycles. The van der Waals surface area contributed by atoms with Gasteiger partial charge in [-0.05, 0) is 24.3 Å². The number of nitrogens with one attached hydrogen (secondary N) is 2. The Morgan fingerprint density at radius 3 is 2.61 bits per heavy atom. The van der Waals surface area contributed by atoms with Crippen molar-refractivity contribution in [2.75, 3.05) is 18.4 Å². The lowest BCUT2D eigenvalue weighted by Crippen LogP contribution is -2.43. The number of hydrogen-bond donors (Lipinski definition) is 2. The second-order valence-electron chi connectivity index (χ2n) is 7.85. The Hall–Kier alpha value is -3.87. The summed E-state index contributed by atoms with van der Waals surface area (Å²) in [5.41, 5.74) is 3.00. The molecule has 0 bridgehead atoms. The normalized spacial score (nSPS) is 14.2. The van der Waals surface area contributed by atoms with Crippen LogP contribution < -0.4 is 20.1 Å². The lowest BCUT2D eigenvalue weighted by atomic mass is 10.1. The number of likely N-dealkylation sites (tertiary alicyclic amines) is 1. The van der Waals surface area contributed by atoms with Crippen molar-refractivity contribution >= 4 is 29.0 Å². The van der Waals surface area contributed by atoms with E-state index in [1.54, 1.807) is 22.5 Å². The van der Waals surface area contributed by atoms with Gasteiger partial charge in [0.1, 0.15) is 23.3 Å². The summed E-state index contributed by atoms with van der Waals surface area (Å²) < 4.78 is 47.0. The number of ether oxygens (including phenoxy) is 2. The number of pyridine rings is 1. The summed E-state index contributed by atoms with van der Waals surface area (Å²) in [5, 5.41) is 7.32. The van der Waals surface area contributed by atoms with Crippen molar-refractivity contribution < 1.29 is 32.2 Å². The molecule has 0 atom stereocenters. The molecule has 36 heavy (non-hydrogen) atoms. The number of aromatic nitrogens is 2. The molecule has 0 unspecified atom stereocenters. The Morgan fingerprint density at radius 2 is 1.89 bits per heavy atom. The molecule has 190 valence electrons. The Morgan fingerprint density at radius 1 is 1.11 bits per heavy atom. The smallest absolute Gasteiger partial charge is 0.490 e. The summed E-state index contributed by atoms with van der Waals surface area (Å²) in [6, 6.07) is 8.08. The van der Waals surface area contributed by atoms with E-state index in [1.165, 1.54) is 41.8 Å². The van der Waals surface area contributed by atoms with Crippen molar-refractivity contribution in [3.63, 3.8) is 0 Å². The largest absolute Gasteiger partial charge is 0.573 e. The second kappa shape index (κ2) is 11.2. The molecule has 0 spiro atoms. The highest BCUT2D eigenvalue weighted by molar-refractivity contribution is 7.07. The first kappa shape index (κ1) is 25.2. The maximum Gasteiger partial charge on any atom is 0.573 e. The number of thiazole rings is 1. The van der Waals surface area contributed by atoms with Gasteiger partial charge in [-0.2, -0.15) is 0 Å². The molecule has 0 saturated carbocycles. The van der Waals surface area contributed by atoms with Crippen LogP contribution in [-0.2, 0) is 6.54 Å². The zero-order chi connectivity index (χ0) is 25.5. The Labute approximate surface area is 208 Å². The van der Waals surface area contributed by atoms with E-state index in [1.807, 2.05) is 5.38 Å². The molecule has 2 N–H and O–H groups in total. The number of anilines is 1. The van der Waals surface area contributed by atoms with E-state index in [2.05, 4.69) is 25.3 Å². The van der Waals surface area contributed by atoms with Gasteiger partial charge in [-0.15, -0.1) is 24.5 Å². The van der Waals surface area contributed by atoms with Crippen molar-refractivity contribution in [1.82, 2.24) is 20.2 Å². The number of benzene rings is 1.